The highest BCUT2D eigenvalue weighted by molar-refractivity contribution is 9.10. The first kappa shape index (κ1) is 31.7. The summed E-state index contributed by atoms with van der Waals surface area (Å²) in [6.45, 7) is 7.11. The first-order valence-electron chi connectivity index (χ1n) is 13.0. The Balaban J connectivity index is 2.02. The highest BCUT2D eigenvalue weighted by atomic mass is 79.9. The van der Waals surface area contributed by atoms with E-state index in [4.69, 9.17) is 0 Å². The molecule has 0 fully saturated rings. The van der Waals surface area contributed by atoms with E-state index in [-0.39, 0.29) is 23.4 Å². The SMILES string of the molecule is CCC(C)NC(=O)C(C)N(Cc1cccc(Br)c1)C(=O)CN(c1ccc(C)cc1)S(=O)(=O)c1ccc(SC)cc1. The van der Waals surface area contributed by atoms with Gasteiger partial charge in [-0.25, -0.2) is 8.42 Å². The molecule has 10 heteroatoms. The number of anilines is 1. The van der Waals surface area contributed by atoms with Gasteiger partial charge in [-0.05, 0) is 87.5 Å². The van der Waals surface area contributed by atoms with Gasteiger partial charge in [0, 0.05) is 22.0 Å². The van der Waals surface area contributed by atoms with Crippen LogP contribution < -0.4 is 9.62 Å². The maximum Gasteiger partial charge on any atom is 0.264 e. The second kappa shape index (κ2) is 14.2. The van der Waals surface area contributed by atoms with Crippen molar-refractivity contribution in [3.05, 3.63) is 88.4 Å². The van der Waals surface area contributed by atoms with Crippen molar-refractivity contribution in [2.45, 2.75) is 62.5 Å². The molecular weight excluding hydrogens is 610 g/mol. The molecule has 0 aromatic heterocycles. The molecule has 2 atom stereocenters. The molecule has 0 aliphatic carbocycles. The number of carbonyl (C=O) groups is 2. The van der Waals surface area contributed by atoms with Crippen molar-refractivity contribution in [3.8, 4) is 0 Å². The van der Waals surface area contributed by atoms with Crippen LogP contribution in [0.2, 0.25) is 0 Å². The topological polar surface area (TPSA) is 86.8 Å². The standard InChI is InChI=1S/C30H36BrN3O4S2/c1-6-22(3)32-30(36)23(4)33(19-24-8-7-9-25(31)18-24)29(35)20-34(26-12-10-21(2)11-13-26)40(37,38)28-16-14-27(39-5)15-17-28/h7-18,22-23H,6,19-20H2,1-5H3,(H,32,36). The quantitative estimate of drug-likeness (QED) is 0.244. The summed E-state index contributed by atoms with van der Waals surface area (Å²) < 4.78 is 29.8. The van der Waals surface area contributed by atoms with Crippen LogP contribution in [0.3, 0.4) is 0 Å². The van der Waals surface area contributed by atoms with E-state index in [1.165, 1.54) is 16.7 Å². The van der Waals surface area contributed by atoms with Crippen LogP contribution in [-0.4, -0.2) is 50.0 Å². The molecule has 2 unspecified atom stereocenters. The molecule has 0 spiro atoms. The average Bonchev–Trinajstić information content (AvgIpc) is 2.94. The normalized spacial score (nSPS) is 12.8. The van der Waals surface area contributed by atoms with Crippen molar-refractivity contribution in [2.75, 3.05) is 17.1 Å². The van der Waals surface area contributed by atoms with Gasteiger partial charge in [-0.15, -0.1) is 11.8 Å². The second-order valence-corrected chi connectivity index (χ2v) is 13.3. The minimum absolute atomic E-state index is 0.0635. The number of hydrogen-bond donors (Lipinski definition) is 1. The van der Waals surface area contributed by atoms with Gasteiger partial charge in [-0.2, -0.15) is 0 Å². The van der Waals surface area contributed by atoms with Gasteiger partial charge in [0.2, 0.25) is 11.8 Å². The van der Waals surface area contributed by atoms with Gasteiger partial charge in [0.1, 0.15) is 12.6 Å². The number of nitrogens with one attached hydrogen (secondary N) is 1. The van der Waals surface area contributed by atoms with E-state index in [0.29, 0.717) is 5.69 Å². The molecule has 3 rings (SSSR count). The van der Waals surface area contributed by atoms with E-state index in [1.807, 2.05) is 51.3 Å². The van der Waals surface area contributed by atoms with Crippen LogP contribution in [0.1, 0.15) is 38.3 Å². The van der Waals surface area contributed by atoms with Gasteiger partial charge in [-0.1, -0.05) is 52.7 Å². The van der Waals surface area contributed by atoms with Crippen molar-refractivity contribution in [2.24, 2.45) is 0 Å². The highest BCUT2D eigenvalue weighted by Crippen LogP contribution is 2.27. The molecule has 0 saturated carbocycles. The van der Waals surface area contributed by atoms with Gasteiger partial charge in [0.25, 0.3) is 10.0 Å². The van der Waals surface area contributed by atoms with Gasteiger partial charge in [-0.3, -0.25) is 13.9 Å². The van der Waals surface area contributed by atoms with Gasteiger partial charge in [0.05, 0.1) is 10.6 Å². The number of hydrogen-bond acceptors (Lipinski definition) is 5. The molecule has 0 bridgehead atoms. The molecule has 40 heavy (non-hydrogen) atoms. The fourth-order valence-corrected chi connectivity index (χ4v) is 6.26. The number of aryl methyl sites for hydroxylation is 1. The van der Waals surface area contributed by atoms with Crippen LogP contribution in [0.25, 0.3) is 0 Å². The molecule has 0 aliphatic heterocycles. The maximum atomic E-state index is 14.0. The number of thioether (sulfide) groups is 1. The lowest BCUT2D eigenvalue weighted by Crippen LogP contribution is -2.52. The molecule has 7 nitrogen and oxygen atoms in total. The Labute approximate surface area is 250 Å². The second-order valence-electron chi connectivity index (χ2n) is 9.67. The summed E-state index contributed by atoms with van der Waals surface area (Å²) in [7, 11) is -4.10. The molecule has 3 aromatic carbocycles. The first-order valence-corrected chi connectivity index (χ1v) is 16.5. The van der Waals surface area contributed by atoms with E-state index >= 15 is 0 Å². The van der Waals surface area contributed by atoms with Crippen molar-refractivity contribution >= 4 is 55.2 Å². The van der Waals surface area contributed by atoms with E-state index in [2.05, 4.69) is 21.2 Å². The van der Waals surface area contributed by atoms with Crippen LogP contribution in [-0.2, 0) is 26.2 Å². The summed E-state index contributed by atoms with van der Waals surface area (Å²) in [6, 6.07) is 20.2. The Morgan fingerprint density at radius 3 is 2.23 bits per heavy atom. The minimum Gasteiger partial charge on any atom is -0.352 e. The molecule has 0 radical (unpaired) electrons. The maximum absolute atomic E-state index is 14.0. The molecule has 0 aliphatic rings. The van der Waals surface area contributed by atoms with Gasteiger partial charge >= 0.3 is 0 Å². The number of rotatable bonds is 12. The number of amides is 2. The van der Waals surface area contributed by atoms with Crippen molar-refractivity contribution in [3.63, 3.8) is 0 Å². The smallest absolute Gasteiger partial charge is 0.264 e. The molecule has 1 N–H and O–H groups in total. The molecule has 214 valence electrons. The third-order valence-electron chi connectivity index (χ3n) is 6.66. The molecule has 3 aromatic rings. The highest BCUT2D eigenvalue weighted by Gasteiger charge is 2.32. The molecule has 2 amide bonds. The fraction of sp³-hybridized carbons (Fsp3) is 0.333. The number of sulfonamides is 1. The largest absolute Gasteiger partial charge is 0.352 e. The lowest BCUT2D eigenvalue weighted by atomic mass is 10.1. The zero-order valence-electron chi connectivity index (χ0n) is 23.4. The lowest BCUT2D eigenvalue weighted by Gasteiger charge is -2.32. The Morgan fingerprint density at radius 2 is 1.65 bits per heavy atom. The van der Waals surface area contributed by atoms with Gasteiger partial charge < -0.3 is 10.2 Å². The zero-order chi connectivity index (χ0) is 29.4. The predicted octanol–water partition coefficient (Wildman–Crippen LogP) is 6.01. The summed E-state index contributed by atoms with van der Waals surface area (Å²) in [5, 5.41) is 2.94. The van der Waals surface area contributed by atoms with Crippen LogP contribution in [0.15, 0.2) is 87.1 Å². The van der Waals surface area contributed by atoms with Crippen LogP contribution in [0.4, 0.5) is 5.69 Å². The minimum atomic E-state index is -4.10. The summed E-state index contributed by atoms with van der Waals surface area (Å²) in [5.41, 5.74) is 2.14. The summed E-state index contributed by atoms with van der Waals surface area (Å²) >= 11 is 4.98. The monoisotopic (exact) mass is 645 g/mol. The van der Waals surface area contributed by atoms with Crippen molar-refractivity contribution < 1.29 is 18.0 Å². The van der Waals surface area contributed by atoms with Gasteiger partial charge in [0.15, 0.2) is 0 Å². The van der Waals surface area contributed by atoms with Crippen LogP contribution in [0.5, 0.6) is 0 Å². The Morgan fingerprint density at radius 1 is 1.00 bits per heavy atom. The number of halogens is 1. The average molecular weight is 647 g/mol. The van der Waals surface area contributed by atoms with E-state index in [1.54, 1.807) is 55.5 Å². The van der Waals surface area contributed by atoms with E-state index < -0.39 is 28.5 Å². The third kappa shape index (κ3) is 8.11. The Kier molecular flexibility index (Phi) is 11.2. The fourth-order valence-electron chi connectivity index (χ4n) is 3.99. The Hall–Kier alpha value is -2.82. The Bertz CT molecular complexity index is 1410. The molecular formula is C30H36BrN3O4S2. The number of benzene rings is 3. The van der Waals surface area contributed by atoms with Crippen LogP contribution in [0, 0.1) is 6.92 Å². The molecule has 0 heterocycles. The summed E-state index contributed by atoms with van der Waals surface area (Å²) in [4.78, 5) is 29.6. The number of carbonyl (C=O) groups excluding carboxylic acids is 2. The summed E-state index contributed by atoms with van der Waals surface area (Å²) in [5.74, 6) is -0.785. The van der Waals surface area contributed by atoms with E-state index in [9.17, 15) is 18.0 Å². The first-order chi connectivity index (χ1) is 19.0. The van der Waals surface area contributed by atoms with Crippen molar-refractivity contribution in [1.82, 2.24) is 10.2 Å². The van der Waals surface area contributed by atoms with Crippen molar-refractivity contribution in [1.29, 1.82) is 0 Å². The summed E-state index contributed by atoms with van der Waals surface area (Å²) in [6.07, 6.45) is 2.66. The third-order valence-corrected chi connectivity index (χ3v) is 9.68. The lowest BCUT2D eigenvalue weighted by molar-refractivity contribution is -0.139. The predicted molar refractivity (Wildman–Crippen MR) is 166 cm³/mol. The molecule has 0 saturated heterocycles. The van der Waals surface area contributed by atoms with E-state index in [0.717, 1.165) is 31.2 Å². The number of nitrogens with zero attached hydrogens (tertiary/aromatic N) is 2. The van der Waals surface area contributed by atoms with Crippen LogP contribution >= 0.6 is 27.7 Å². The zero-order valence-corrected chi connectivity index (χ0v) is 26.6.